The predicted molar refractivity (Wildman–Crippen MR) is 69.6 cm³/mol. The monoisotopic (exact) mass is 266 g/mol. The van der Waals surface area contributed by atoms with E-state index in [9.17, 15) is 8.42 Å². The number of sulfonamides is 1. The maximum Gasteiger partial charge on any atom is 0.263 e. The van der Waals surface area contributed by atoms with Crippen LogP contribution in [0.3, 0.4) is 0 Å². The Morgan fingerprint density at radius 1 is 1.33 bits per heavy atom. The average Bonchev–Trinajstić information content (AvgIpc) is 2.67. The van der Waals surface area contributed by atoms with Gasteiger partial charge >= 0.3 is 0 Å². The number of nitrogen functional groups attached to an aromatic ring is 1. The van der Waals surface area contributed by atoms with Gasteiger partial charge in [0.25, 0.3) is 10.0 Å². The van der Waals surface area contributed by atoms with E-state index >= 15 is 0 Å². The Bertz CT molecular complexity index is 676. The molecule has 96 valence electrons. The van der Waals surface area contributed by atoms with Gasteiger partial charge in [0.1, 0.15) is 5.82 Å². The molecule has 3 N–H and O–H groups in total. The summed E-state index contributed by atoms with van der Waals surface area (Å²) in [6.07, 6.45) is 1.52. The third kappa shape index (κ3) is 2.30. The number of aryl methyl sites for hydroxylation is 2. The van der Waals surface area contributed by atoms with Gasteiger partial charge in [0.15, 0.2) is 0 Å². The molecule has 7 heteroatoms. The Labute approximate surface area is 105 Å². The van der Waals surface area contributed by atoms with Crippen molar-refractivity contribution in [3.8, 4) is 0 Å². The Balaban J connectivity index is 2.43. The minimum Gasteiger partial charge on any atom is -0.399 e. The van der Waals surface area contributed by atoms with Crippen molar-refractivity contribution in [3.05, 3.63) is 36.0 Å². The van der Waals surface area contributed by atoms with Crippen LogP contribution in [-0.2, 0) is 17.1 Å². The predicted octanol–water partition coefficient (Wildman–Crippen LogP) is 1.11. The Morgan fingerprint density at radius 3 is 2.67 bits per heavy atom. The molecule has 1 heterocycles. The highest BCUT2D eigenvalue weighted by atomic mass is 32.2. The Morgan fingerprint density at radius 2 is 2.06 bits per heavy atom. The van der Waals surface area contributed by atoms with E-state index in [2.05, 4.69) is 9.82 Å². The molecule has 0 bridgehead atoms. The molecule has 0 fully saturated rings. The second-order valence-corrected chi connectivity index (χ2v) is 5.62. The summed E-state index contributed by atoms with van der Waals surface area (Å²) in [5, 5.41) is 3.90. The van der Waals surface area contributed by atoms with E-state index in [-0.39, 0.29) is 4.90 Å². The summed E-state index contributed by atoms with van der Waals surface area (Å²) in [7, 11) is -1.99. The number of rotatable bonds is 3. The fourth-order valence-corrected chi connectivity index (χ4v) is 2.94. The van der Waals surface area contributed by atoms with Crippen LogP contribution in [0.2, 0.25) is 0 Å². The smallest absolute Gasteiger partial charge is 0.263 e. The molecule has 2 rings (SSSR count). The molecule has 0 aliphatic heterocycles. The van der Waals surface area contributed by atoms with Gasteiger partial charge in [0, 0.05) is 18.8 Å². The minimum absolute atomic E-state index is 0.170. The zero-order valence-electron chi connectivity index (χ0n) is 10.1. The second kappa shape index (κ2) is 4.34. The molecule has 0 radical (unpaired) electrons. The van der Waals surface area contributed by atoms with E-state index in [1.165, 1.54) is 16.9 Å². The molecule has 0 saturated heterocycles. The largest absolute Gasteiger partial charge is 0.399 e. The topological polar surface area (TPSA) is 90.0 Å². The summed E-state index contributed by atoms with van der Waals surface area (Å²) in [6, 6.07) is 6.36. The summed E-state index contributed by atoms with van der Waals surface area (Å²) >= 11 is 0. The zero-order chi connectivity index (χ0) is 13.3. The molecule has 6 nitrogen and oxygen atoms in total. The van der Waals surface area contributed by atoms with Gasteiger partial charge < -0.3 is 5.73 Å². The molecule has 0 atom stereocenters. The number of nitrogens with one attached hydrogen (secondary N) is 1. The third-order valence-corrected chi connectivity index (χ3v) is 4.06. The lowest BCUT2D eigenvalue weighted by atomic mass is 10.2. The first-order chi connectivity index (χ1) is 8.40. The van der Waals surface area contributed by atoms with Gasteiger partial charge in [-0.15, -0.1) is 0 Å². The van der Waals surface area contributed by atoms with Crippen molar-refractivity contribution in [2.45, 2.75) is 11.8 Å². The van der Waals surface area contributed by atoms with Crippen molar-refractivity contribution in [1.29, 1.82) is 0 Å². The first kappa shape index (κ1) is 12.4. The van der Waals surface area contributed by atoms with Crippen LogP contribution in [0, 0.1) is 6.92 Å². The molecule has 0 aliphatic rings. The van der Waals surface area contributed by atoms with E-state index in [4.69, 9.17) is 5.73 Å². The van der Waals surface area contributed by atoms with Crippen molar-refractivity contribution in [3.63, 3.8) is 0 Å². The van der Waals surface area contributed by atoms with Crippen molar-refractivity contribution in [2.24, 2.45) is 7.05 Å². The maximum atomic E-state index is 12.2. The first-order valence-corrected chi connectivity index (χ1v) is 6.75. The van der Waals surface area contributed by atoms with Crippen LogP contribution in [0.15, 0.2) is 35.4 Å². The molecule has 0 unspecified atom stereocenters. The lowest BCUT2D eigenvalue weighted by Crippen LogP contribution is -2.16. The van der Waals surface area contributed by atoms with E-state index in [1.807, 2.05) is 0 Å². The number of nitrogens with zero attached hydrogens (tertiary/aromatic N) is 2. The van der Waals surface area contributed by atoms with Crippen molar-refractivity contribution >= 4 is 21.5 Å². The van der Waals surface area contributed by atoms with Gasteiger partial charge in [-0.05, 0) is 24.6 Å². The number of anilines is 2. The number of nitrogens with two attached hydrogens (primary N) is 1. The van der Waals surface area contributed by atoms with Gasteiger partial charge in [0.05, 0.1) is 11.1 Å². The normalized spacial score (nSPS) is 11.4. The minimum atomic E-state index is -3.65. The first-order valence-electron chi connectivity index (χ1n) is 5.27. The summed E-state index contributed by atoms with van der Waals surface area (Å²) < 4.78 is 28.3. The Kier molecular flexibility index (Phi) is 3.00. The highest BCUT2D eigenvalue weighted by molar-refractivity contribution is 7.92. The van der Waals surface area contributed by atoms with E-state index in [0.29, 0.717) is 17.1 Å². The van der Waals surface area contributed by atoms with Gasteiger partial charge in [-0.3, -0.25) is 9.40 Å². The summed E-state index contributed by atoms with van der Waals surface area (Å²) in [4.78, 5) is 0.170. The number of benzene rings is 1. The van der Waals surface area contributed by atoms with Crippen LogP contribution in [0.1, 0.15) is 5.56 Å². The van der Waals surface area contributed by atoms with Crippen LogP contribution < -0.4 is 10.5 Å². The molecule has 1 aromatic heterocycles. The van der Waals surface area contributed by atoms with Gasteiger partial charge in [-0.25, -0.2) is 8.42 Å². The molecular weight excluding hydrogens is 252 g/mol. The number of hydrogen-bond donors (Lipinski definition) is 2. The molecule has 0 aliphatic carbocycles. The Hall–Kier alpha value is -2.02. The lowest BCUT2D eigenvalue weighted by molar-refractivity contribution is 0.599. The quantitative estimate of drug-likeness (QED) is 0.814. The van der Waals surface area contributed by atoms with Crippen molar-refractivity contribution in [1.82, 2.24) is 9.78 Å². The standard InChI is InChI=1S/C11H14N4O2S/c1-8-3-4-9(12)7-10(8)18(16,17)14-11-5-6-13-15(11)2/h3-7,14H,12H2,1-2H3. The van der Waals surface area contributed by atoms with Crippen molar-refractivity contribution in [2.75, 3.05) is 10.5 Å². The zero-order valence-corrected chi connectivity index (χ0v) is 10.9. The van der Waals surface area contributed by atoms with Crippen LogP contribution in [0.25, 0.3) is 0 Å². The highest BCUT2D eigenvalue weighted by Gasteiger charge is 2.18. The van der Waals surface area contributed by atoms with Crippen LogP contribution in [-0.4, -0.2) is 18.2 Å². The molecule has 1 aromatic carbocycles. The third-order valence-electron chi connectivity index (χ3n) is 2.56. The second-order valence-electron chi connectivity index (χ2n) is 3.97. The van der Waals surface area contributed by atoms with E-state index in [0.717, 1.165) is 0 Å². The maximum absolute atomic E-state index is 12.2. The highest BCUT2D eigenvalue weighted by Crippen LogP contribution is 2.21. The summed E-state index contributed by atoms with van der Waals surface area (Å²) in [5.74, 6) is 0.400. The van der Waals surface area contributed by atoms with Crippen LogP contribution >= 0.6 is 0 Å². The SMILES string of the molecule is Cc1ccc(N)cc1S(=O)(=O)Nc1ccnn1C. The average molecular weight is 266 g/mol. The van der Waals surface area contributed by atoms with Gasteiger partial charge in [-0.2, -0.15) is 5.10 Å². The van der Waals surface area contributed by atoms with E-state index in [1.54, 1.807) is 32.2 Å². The molecular formula is C11H14N4O2S. The van der Waals surface area contributed by atoms with Crippen LogP contribution in [0.5, 0.6) is 0 Å². The van der Waals surface area contributed by atoms with Gasteiger partial charge in [0.2, 0.25) is 0 Å². The molecule has 2 aromatic rings. The molecule has 0 saturated carbocycles. The fraction of sp³-hybridized carbons (Fsp3) is 0.182. The summed E-state index contributed by atoms with van der Waals surface area (Å²) in [5.41, 5.74) is 6.66. The van der Waals surface area contributed by atoms with E-state index < -0.39 is 10.0 Å². The summed E-state index contributed by atoms with van der Waals surface area (Å²) in [6.45, 7) is 1.72. The van der Waals surface area contributed by atoms with Gasteiger partial charge in [-0.1, -0.05) is 6.07 Å². The van der Waals surface area contributed by atoms with Crippen LogP contribution in [0.4, 0.5) is 11.5 Å². The molecule has 0 spiro atoms. The molecule has 18 heavy (non-hydrogen) atoms. The lowest BCUT2D eigenvalue weighted by Gasteiger charge is -2.10. The molecule has 0 amide bonds. The van der Waals surface area contributed by atoms with Crippen molar-refractivity contribution < 1.29 is 8.42 Å². The number of aromatic nitrogens is 2. The fourth-order valence-electron chi connectivity index (χ4n) is 1.57. The number of hydrogen-bond acceptors (Lipinski definition) is 4.